The van der Waals surface area contributed by atoms with E-state index in [-0.39, 0.29) is 0 Å². The van der Waals surface area contributed by atoms with Crippen LogP contribution in [0.15, 0.2) is 24.3 Å². The highest BCUT2D eigenvalue weighted by Gasteiger charge is 2.16. The maximum atomic E-state index is 5.30. The lowest BCUT2D eigenvalue weighted by molar-refractivity contribution is 0.194. The molecule has 1 nitrogen and oxygen atoms in total. The molecule has 0 aliphatic carbocycles. The van der Waals surface area contributed by atoms with Crippen LogP contribution in [0.4, 0.5) is 0 Å². The van der Waals surface area contributed by atoms with Gasteiger partial charge in [-0.1, -0.05) is 24.3 Å². The predicted molar refractivity (Wildman–Crippen MR) is 43.5 cm³/mol. The van der Waals surface area contributed by atoms with Crippen molar-refractivity contribution in [2.45, 2.75) is 12.3 Å². The fourth-order valence-electron chi connectivity index (χ4n) is 1.47. The molecule has 1 aliphatic heterocycles. The van der Waals surface area contributed by atoms with Crippen LogP contribution in [0.3, 0.4) is 0 Å². The lowest BCUT2D eigenvalue weighted by atomic mass is 9.99. The smallest absolute Gasteiger partial charge is 0.0535 e. The Kier molecular flexibility index (Phi) is 1.91. The Morgan fingerprint density at radius 3 is 2.82 bits per heavy atom. The molecule has 1 saturated heterocycles. The second-order valence-electron chi connectivity index (χ2n) is 2.89. The van der Waals surface area contributed by atoms with Crippen LogP contribution >= 0.6 is 0 Å². The molecule has 1 heterocycles. The van der Waals surface area contributed by atoms with E-state index in [4.69, 9.17) is 4.74 Å². The summed E-state index contributed by atoms with van der Waals surface area (Å²) in [5, 5.41) is 0. The van der Waals surface area contributed by atoms with E-state index in [9.17, 15) is 0 Å². The van der Waals surface area contributed by atoms with E-state index < -0.39 is 0 Å². The molecule has 0 spiro atoms. The van der Waals surface area contributed by atoms with Crippen LogP contribution in [-0.2, 0) is 4.74 Å². The summed E-state index contributed by atoms with van der Waals surface area (Å²) in [5.41, 5.74) is 1.39. The molecular weight excluding hydrogens is 136 g/mol. The van der Waals surface area contributed by atoms with Gasteiger partial charge in [-0.3, -0.25) is 0 Å². The molecule has 1 aromatic rings. The predicted octanol–water partition coefficient (Wildman–Crippen LogP) is 1.99. The van der Waals surface area contributed by atoms with E-state index >= 15 is 0 Å². The number of benzene rings is 1. The maximum Gasteiger partial charge on any atom is 0.0535 e. The third-order valence-electron chi connectivity index (χ3n) is 2.15. The zero-order chi connectivity index (χ0) is 7.52. The normalized spacial score (nSPS) is 23.8. The van der Waals surface area contributed by atoms with E-state index in [2.05, 4.69) is 18.2 Å². The van der Waals surface area contributed by atoms with Crippen LogP contribution < -0.4 is 0 Å². The van der Waals surface area contributed by atoms with Gasteiger partial charge in [-0.2, -0.15) is 0 Å². The van der Waals surface area contributed by atoms with Gasteiger partial charge in [0.15, 0.2) is 0 Å². The van der Waals surface area contributed by atoms with Crippen LogP contribution in [0.25, 0.3) is 0 Å². The lowest BCUT2D eigenvalue weighted by Crippen LogP contribution is -1.95. The van der Waals surface area contributed by atoms with Gasteiger partial charge in [0.2, 0.25) is 0 Å². The molecule has 2 rings (SSSR count). The molecule has 0 aromatic heterocycles. The van der Waals surface area contributed by atoms with Crippen molar-refractivity contribution in [2.75, 3.05) is 13.2 Å². The Hall–Kier alpha value is -0.820. The Morgan fingerprint density at radius 2 is 2.18 bits per heavy atom. The summed E-state index contributed by atoms with van der Waals surface area (Å²) in [4.78, 5) is 0. The molecule has 1 fully saturated rings. The number of ether oxygens (including phenoxy) is 1. The minimum atomic E-state index is 0.629. The summed E-state index contributed by atoms with van der Waals surface area (Å²) in [6.07, 6.45) is 1.17. The standard InChI is InChI=1S/C10H11O/c1-2-4-9(5-3-1)10-6-7-11-8-10/h2-5,10H,6-8H2/t10-/m1/s1. The van der Waals surface area contributed by atoms with Crippen molar-refractivity contribution >= 4 is 0 Å². The SMILES string of the molecule is [c]1ccc([C@@H]2CCOC2)cc1. The van der Waals surface area contributed by atoms with Gasteiger partial charge in [0.05, 0.1) is 6.61 Å². The molecule has 57 valence electrons. The van der Waals surface area contributed by atoms with E-state index in [1.807, 2.05) is 12.1 Å². The van der Waals surface area contributed by atoms with E-state index in [0.29, 0.717) is 5.92 Å². The second kappa shape index (κ2) is 3.05. The number of hydrogen-bond donors (Lipinski definition) is 0. The largest absolute Gasteiger partial charge is 0.381 e. The van der Waals surface area contributed by atoms with Crippen molar-refractivity contribution in [2.24, 2.45) is 0 Å². The first-order valence-corrected chi connectivity index (χ1v) is 4.00. The Balaban J connectivity index is 2.16. The average molecular weight is 147 g/mol. The minimum Gasteiger partial charge on any atom is -0.381 e. The highest BCUT2D eigenvalue weighted by Crippen LogP contribution is 2.24. The number of hydrogen-bond acceptors (Lipinski definition) is 1. The molecule has 11 heavy (non-hydrogen) atoms. The van der Waals surface area contributed by atoms with Gasteiger partial charge in [0.1, 0.15) is 0 Å². The van der Waals surface area contributed by atoms with Crippen molar-refractivity contribution in [3.8, 4) is 0 Å². The molecule has 1 radical (unpaired) electrons. The van der Waals surface area contributed by atoms with Crippen LogP contribution in [-0.4, -0.2) is 13.2 Å². The molecule has 0 saturated carbocycles. The van der Waals surface area contributed by atoms with Crippen molar-refractivity contribution in [1.29, 1.82) is 0 Å². The van der Waals surface area contributed by atoms with Crippen LogP contribution in [0.2, 0.25) is 0 Å². The van der Waals surface area contributed by atoms with Gasteiger partial charge in [-0.15, -0.1) is 0 Å². The molecule has 0 amide bonds. The summed E-state index contributed by atoms with van der Waals surface area (Å²) in [7, 11) is 0. The highest BCUT2D eigenvalue weighted by molar-refractivity contribution is 5.19. The minimum absolute atomic E-state index is 0.629. The Morgan fingerprint density at radius 1 is 1.36 bits per heavy atom. The van der Waals surface area contributed by atoms with Crippen molar-refractivity contribution < 1.29 is 4.74 Å². The van der Waals surface area contributed by atoms with Gasteiger partial charge >= 0.3 is 0 Å². The monoisotopic (exact) mass is 147 g/mol. The van der Waals surface area contributed by atoms with Gasteiger partial charge in [-0.05, 0) is 18.1 Å². The summed E-state index contributed by atoms with van der Waals surface area (Å²) < 4.78 is 5.30. The lowest BCUT2D eigenvalue weighted by Gasteiger charge is -2.05. The quantitative estimate of drug-likeness (QED) is 0.590. The summed E-state index contributed by atoms with van der Waals surface area (Å²) in [6, 6.07) is 11.2. The fourth-order valence-corrected chi connectivity index (χ4v) is 1.47. The highest BCUT2D eigenvalue weighted by atomic mass is 16.5. The van der Waals surface area contributed by atoms with Gasteiger partial charge in [-0.25, -0.2) is 0 Å². The first kappa shape index (κ1) is 6.86. The second-order valence-corrected chi connectivity index (χ2v) is 2.89. The first-order valence-electron chi connectivity index (χ1n) is 4.00. The zero-order valence-corrected chi connectivity index (χ0v) is 6.42. The van der Waals surface area contributed by atoms with Crippen molar-refractivity contribution in [3.05, 3.63) is 35.9 Å². The Labute approximate surface area is 67.0 Å². The molecule has 0 N–H and O–H groups in total. The van der Waals surface area contributed by atoms with Crippen LogP contribution in [0.5, 0.6) is 0 Å². The Bertz CT molecular complexity index is 212. The van der Waals surface area contributed by atoms with Gasteiger partial charge in [0.25, 0.3) is 0 Å². The number of rotatable bonds is 1. The third kappa shape index (κ3) is 1.43. The molecule has 0 bridgehead atoms. The fraction of sp³-hybridized carbons (Fsp3) is 0.400. The van der Waals surface area contributed by atoms with E-state index in [1.165, 1.54) is 12.0 Å². The van der Waals surface area contributed by atoms with Gasteiger partial charge in [0, 0.05) is 12.5 Å². The summed E-state index contributed by atoms with van der Waals surface area (Å²) >= 11 is 0. The van der Waals surface area contributed by atoms with E-state index in [1.54, 1.807) is 0 Å². The van der Waals surface area contributed by atoms with Crippen LogP contribution in [0.1, 0.15) is 17.9 Å². The average Bonchev–Trinajstić information content (AvgIpc) is 2.58. The van der Waals surface area contributed by atoms with Gasteiger partial charge < -0.3 is 4.74 Å². The van der Waals surface area contributed by atoms with E-state index in [0.717, 1.165) is 13.2 Å². The third-order valence-corrected chi connectivity index (χ3v) is 2.15. The van der Waals surface area contributed by atoms with Crippen molar-refractivity contribution in [1.82, 2.24) is 0 Å². The topological polar surface area (TPSA) is 9.23 Å². The van der Waals surface area contributed by atoms with Crippen molar-refractivity contribution in [3.63, 3.8) is 0 Å². The summed E-state index contributed by atoms with van der Waals surface area (Å²) in [6.45, 7) is 1.81. The molecule has 1 atom stereocenters. The molecular formula is C10H11O. The molecule has 0 unspecified atom stereocenters. The maximum absolute atomic E-state index is 5.30. The molecule has 1 aliphatic rings. The zero-order valence-electron chi connectivity index (χ0n) is 6.42. The first-order chi connectivity index (χ1) is 5.47. The molecule has 1 heteroatoms. The molecule has 1 aromatic carbocycles. The van der Waals surface area contributed by atoms with Crippen LogP contribution in [0, 0.1) is 6.07 Å². The summed E-state index contributed by atoms with van der Waals surface area (Å²) in [5.74, 6) is 0.629.